The number of rotatable bonds is 6. The highest BCUT2D eigenvalue weighted by molar-refractivity contribution is 6.01. The van der Waals surface area contributed by atoms with E-state index in [-0.39, 0.29) is 5.92 Å². The normalized spacial score (nSPS) is 14.3. The number of fused-ring (bicyclic) bond motifs is 4. The minimum Gasteiger partial charge on any atom is -0.455 e. The predicted molar refractivity (Wildman–Crippen MR) is 203 cm³/mol. The van der Waals surface area contributed by atoms with Crippen molar-refractivity contribution in [2.75, 3.05) is 12.4 Å². The van der Waals surface area contributed by atoms with Crippen LogP contribution in [0.15, 0.2) is 158 Å². The zero-order chi connectivity index (χ0) is 32.5. The predicted octanol–water partition coefficient (Wildman–Crippen LogP) is 11.7. The number of allylic oxidation sites excluding steroid dienone is 1. The van der Waals surface area contributed by atoms with E-state index < -0.39 is 0 Å². The second-order valence-electron chi connectivity index (χ2n) is 12.2. The summed E-state index contributed by atoms with van der Waals surface area (Å²) >= 11 is 0. The molecular formula is C45H36N2O. The summed E-state index contributed by atoms with van der Waals surface area (Å²) in [7, 11) is 1.99. The SMILES string of the molecule is CNc1c(-c2ccccc2)ccc2c1/C=C\c1c(n(-c3ccc(-c4ccccc4)cc3)c3ccccc13)/C(=C/C(C)c1ccccc1)O2. The third-order valence-electron chi connectivity index (χ3n) is 9.28. The molecule has 8 rings (SSSR count). The number of para-hydroxylation sites is 1. The molecule has 0 aliphatic carbocycles. The minimum atomic E-state index is 0.111. The third kappa shape index (κ3) is 5.30. The molecule has 3 nitrogen and oxygen atoms in total. The van der Waals surface area contributed by atoms with Crippen molar-refractivity contribution in [2.24, 2.45) is 0 Å². The highest BCUT2D eigenvalue weighted by atomic mass is 16.5. The second-order valence-corrected chi connectivity index (χ2v) is 12.2. The van der Waals surface area contributed by atoms with E-state index >= 15 is 0 Å². The molecule has 6 aromatic carbocycles. The molecule has 0 spiro atoms. The van der Waals surface area contributed by atoms with Crippen LogP contribution < -0.4 is 10.1 Å². The number of nitrogens with one attached hydrogen (secondary N) is 1. The molecule has 1 unspecified atom stereocenters. The lowest BCUT2D eigenvalue weighted by molar-refractivity contribution is 0.506. The average molecular weight is 621 g/mol. The molecule has 1 N–H and O–H groups in total. The van der Waals surface area contributed by atoms with Crippen LogP contribution in [0.2, 0.25) is 0 Å². The van der Waals surface area contributed by atoms with E-state index in [1.165, 1.54) is 22.1 Å². The van der Waals surface area contributed by atoms with E-state index in [2.05, 4.69) is 187 Å². The monoisotopic (exact) mass is 620 g/mol. The van der Waals surface area contributed by atoms with Gasteiger partial charge >= 0.3 is 0 Å². The standard InChI is InChI=1S/C45H36N2O/c1-31(32-14-6-3-7-15-32)30-43-45-39(26-27-40-42(48-43)29-28-37(44(40)46-2)35-18-10-5-11-19-35)38-20-12-13-21-41(38)47(45)36-24-22-34(23-25-36)33-16-8-4-9-17-33/h3-31,46H,1-2H3/b27-26-,43-30-. The molecule has 1 aliphatic rings. The maximum absolute atomic E-state index is 7.12. The van der Waals surface area contributed by atoms with Gasteiger partial charge in [-0.1, -0.05) is 134 Å². The number of benzene rings is 6. The molecule has 0 radical (unpaired) electrons. The summed E-state index contributed by atoms with van der Waals surface area (Å²) < 4.78 is 9.48. The van der Waals surface area contributed by atoms with E-state index in [0.29, 0.717) is 0 Å². The third-order valence-corrected chi connectivity index (χ3v) is 9.28. The summed E-state index contributed by atoms with van der Waals surface area (Å²) in [6.07, 6.45) is 6.75. The fraction of sp³-hybridized carbons (Fsp3) is 0.0667. The quantitative estimate of drug-likeness (QED) is 0.200. The molecule has 48 heavy (non-hydrogen) atoms. The van der Waals surface area contributed by atoms with E-state index in [4.69, 9.17) is 4.74 Å². The molecule has 0 bridgehead atoms. The highest BCUT2D eigenvalue weighted by Crippen LogP contribution is 2.44. The van der Waals surface area contributed by atoms with Gasteiger partial charge in [0.15, 0.2) is 0 Å². The van der Waals surface area contributed by atoms with E-state index in [0.717, 1.165) is 56.3 Å². The maximum Gasteiger partial charge on any atom is 0.148 e. The van der Waals surface area contributed by atoms with Crippen molar-refractivity contribution in [2.45, 2.75) is 12.8 Å². The van der Waals surface area contributed by atoms with Crippen LogP contribution >= 0.6 is 0 Å². The van der Waals surface area contributed by atoms with Gasteiger partial charge in [-0.3, -0.25) is 0 Å². The van der Waals surface area contributed by atoms with Crippen LogP contribution in [-0.2, 0) is 0 Å². The van der Waals surface area contributed by atoms with E-state index in [9.17, 15) is 0 Å². The number of hydrogen-bond donors (Lipinski definition) is 1. The zero-order valence-electron chi connectivity index (χ0n) is 27.1. The second kappa shape index (κ2) is 12.6. The van der Waals surface area contributed by atoms with Crippen molar-refractivity contribution in [3.8, 4) is 33.7 Å². The van der Waals surface area contributed by atoms with Gasteiger partial charge in [-0.05, 0) is 64.7 Å². The van der Waals surface area contributed by atoms with Gasteiger partial charge < -0.3 is 14.6 Å². The van der Waals surface area contributed by atoms with Gasteiger partial charge in [0, 0.05) is 40.7 Å². The summed E-state index contributed by atoms with van der Waals surface area (Å²) in [6, 6.07) is 53.5. The van der Waals surface area contributed by atoms with Crippen molar-refractivity contribution < 1.29 is 4.74 Å². The highest BCUT2D eigenvalue weighted by Gasteiger charge is 2.26. The Morgan fingerprint density at radius 3 is 1.92 bits per heavy atom. The van der Waals surface area contributed by atoms with Gasteiger partial charge in [-0.25, -0.2) is 0 Å². The number of hydrogen-bond acceptors (Lipinski definition) is 2. The lowest BCUT2D eigenvalue weighted by Crippen LogP contribution is -2.09. The Bertz CT molecular complexity index is 2280. The van der Waals surface area contributed by atoms with Gasteiger partial charge in [0.2, 0.25) is 0 Å². The molecular weight excluding hydrogens is 585 g/mol. The Hall–Kier alpha value is -6.06. The van der Waals surface area contributed by atoms with Crippen LogP contribution in [-0.4, -0.2) is 11.6 Å². The first kappa shape index (κ1) is 29.3. The number of nitrogens with zero attached hydrogens (tertiary/aromatic N) is 1. The smallest absolute Gasteiger partial charge is 0.148 e. The van der Waals surface area contributed by atoms with Crippen molar-refractivity contribution in [3.63, 3.8) is 0 Å². The summed E-state index contributed by atoms with van der Waals surface area (Å²) in [5, 5.41) is 4.68. The Morgan fingerprint density at radius 1 is 0.604 bits per heavy atom. The summed E-state index contributed by atoms with van der Waals surface area (Å²) in [5.74, 6) is 1.74. The Labute approximate surface area is 282 Å². The van der Waals surface area contributed by atoms with Crippen LogP contribution in [0, 0.1) is 0 Å². The van der Waals surface area contributed by atoms with Crippen LogP contribution in [0.3, 0.4) is 0 Å². The molecule has 232 valence electrons. The molecule has 1 atom stereocenters. The summed E-state index contributed by atoms with van der Waals surface area (Å²) in [4.78, 5) is 0. The molecule has 3 heteroatoms. The first-order chi connectivity index (χ1) is 23.7. The number of ether oxygens (including phenoxy) is 1. The molecule has 1 aliphatic heterocycles. The number of anilines is 1. The van der Waals surface area contributed by atoms with Crippen LogP contribution in [0.5, 0.6) is 5.75 Å². The topological polar surface area (TPSA) is 26.2 Å². The van der Waals surface area contributed by atoms with Gasteiger partial charge in [0.1, 0.15) is 11.5 Å². The van der Waals surface area contributed by atoms with Crippen molar-refractivity contribution in [1.82, 2.24) is 4.57 Å². The van der Waals surface area contributed by atoms with Gasteiger partial charge in [-0.15, -0.1) is 0 Å². The van der Waals surface area contributed by atoms with Gasteiger partial charge in [0.05, 0.1) is 16.9 Å². The largest absolute Gasteiger partial charge is 0.455 e. The Morgan fingerprint density at radius 2 is 1.21 bits per heavy atom. The molecule has 0 saturated carbocycles. The van der Waals surface area contributed by atoms with Crippen LogP contribution in [0.4, 0.5) is 5.69 Å². The van der Waals surface area contributed by atoms with E-state index in [1.807, 2.05) is 7.05 Å². The number of aromatic nitrogens is 1. The average Bonchev–Trinajstić information content (AvgIpc) is 3.47. The van der Waals surface area contributed by atoms with Crippen molar-refractivity contribution in [1.29, 1.82) is 0 Å². The van der Waals surface area contributed by atoms with Crippen LogP contribution in [0.1, 0.15) is 35.2 Å². The van der Waals surface area contributed by atoms with Gasteiger partial charge in [-0.2, -0.15) is 0 Å². The first-order valence-electron chi connectivity index (χ1n) is 16.5. The van der Waals surface area contributed by atoms with E-state index in [1.54, 1.807) is 0 Å². The lowest BCUT2D eigenvalue weighted by atomic mass is 9.96. The maximum atomic E-state index is 7.12. The molecule has 2 heterocycles. The fourth-order valence-corrected chi connectivity index (χ4v) is 6.89. The van der Waals surface area contributed by atoms with Crippen molar-refractivity contribution >= 4 is 34.5 Å². The van der Waals surface area contributed by atoms with Crippen LogP contribution in [0.25, 0.3) is 56.8 Å². The fourth-order valence-electron chi connectivity index (χ4n) is 6.89. The van der Waals surface area contributed by atoms with Gasteiger partial charge in [0.25, 0.3) is 0 Å². The minimum absolute atomic E-state index is 0.111. The molecule has 0 fully saturated rings. The molecule has 7 aromatic rings. The summed E-state index contributed by atoms with van der Waals surface area (Å²) in [5.41, 5.74) is 12.3. The molecule has 0 amide bonds. The zero-order valence-corrected chi connectivity index (χ0v) is 27.1. The summed E-state index contributed by atoms with van der Waals surface area (Å²) in [6.45, 7) is 2.24. The molecule has 0 saturated heterocycles. The van der Waals surface area contributed by atoms with Crippen molar-refractivity contribution in [3.05, 3.63) is 180 Å². The molecule has 1 aromatic heterocycles. The Kier molecular flexibility index (Phi) is 7.72. The lowest BCUT2D eigenvalue weighted by Gasteiger charge is -2.23. The first-order valence-corrected chi connectivity index (χ1v) is 16.5. The Balaban J connectivity index is 1.37.